The van der Waals surface area contributed by atoms with E-state index in [1.54, 1.807) is 12.2 Å². The standard InChI is InChI=1S/C20H16ClNO/c21-19-3-1-2-18(14-19)15-22-12-10-17(11-13-22)5-4-16-6-8-20(23)9-7-16/h1-14H,15H2. The van der Waals surface area contributed by atoms with Crippen LogP contribution in [0.5, 0.6) is 0 Å². The summed E-state index contributed by atoms with van der Waals surface area (Å²) in [4.78, 5) is 13.2. The molecule has 0 atom stereocenters. The Morgan fingerprint density at radius 3 is 2.22 bits per heavy atom. The van der Waals surface area contributed by atoms with Crippen molar-refractivity contribution in [3.05, 3.63) is 107 Å². The van der Waals surface area contributed by atoms with E-state index in [9.17, 15) is 4.79 Å². The molecular formula is C20H16ClNO. The zero-order valence-electron chi connectivity index (χ0n) is 12.5. The van der Waals surface area contributed by atoms with E-state index in [0.717, 1.165) is 22.7 Å². The number of benzene rings is 1. The van der Waals surface area contributed by atoms with E-state index >= 15 is 0 Å². The Balaban J connectivity index is 1.62. The largest absolute Gasteiger partial charge is 0.350 e. The highest BCUT2D eigenvalue weighted by Gasteiger charge is 2.03. The first kappa shape index (κ1) is 15.3. The first-order chi connectivity index (χ1) is 11.2. The van der Waals surface area contributed by atoms with Crippen molar-refractivity contribution >= 4 is 17.4 Å². The van der Waals surface area contributed by atoms with E-state index in [-0.39, 0.29) is 5.78 Å². The number of nitrogens with zero attached hydrogens (tertiary/aromatic N) is 1. The summed E-state index contributed by atoms with van der Waals surface area (Å²) in [5.74, 6) is 0.0314. The van der Waals surface area contributed by atoms with Crippen LogP contribution in [0.25, 0.3) is 0 Å². The molecule has 2 nitrogen and oxygen atoms in total. The molecule has 0 unspecified atom stereocenters. The molecule has 0 saturated heterocycles. The second-order valence-electron chi connectivity index (χ2n) is 5.34. The zero-order chi connectivity index (χ0) is 16.1. The molecule has 0 aromatic heterocycles. The number of ketones is 1. The second-order valence-corrected chi connectivity index (χ2v) is 5.77. The van der Waals surface area contributed by atoms with Crippen molar-refractivity contribution in [1.82, 2.24) is 4.90 Å². The highest BCUT2D eigenvalue weighted by atomic mass is 35.5. The predicted octanol–water partition coefficient (Wildman–Crippen LogP) is 4.73. The average Bonchev–Trinajstić information content (AvgIpc) is 2.56. The summed E-state index contributed by atoms with van der Waals surface area (Å²) in [6, 6.07) is 7.87. The SMILES string of the molecule is O=C1C=CC(=CC=C2C=CN(Cc3cccc(Cl)c3)C=C2)C=C1. The summed E-state index contributed by atoms with van der Waals surface area (Å²) >= 11 is 6.01. The summed E-state index contributed by atoms with van der Waals surface area (Å²) < 4.78 is 0. The van der Waals surface area contributed by atoms with Gasteiger partial charge in [0.25, 0.3) is 0 Å². The van der Waals surface area contributed by atoms with Crippen LogP contribution in [-0.2, 0) is 11.3 Å². The van der Waals surface area contributed by atoms with E-state index in [2.05, 4.69) is 23.1 Å². The minimum atomic E-state index is 0.0314. The molecule has 0 amide bonds. The molecular weight excluding hydrogens is 306 g/mol. The van der Waals surface area contributed by atoms with Crippen LogP contribution in [0.3, 0.4) is 0 Å². The smallest absolute Gasteiger partial charge is 0.178 e. The normalized spacial score (nSPS) is 16.2. The lowest BCUT2D eigenvalue weighted by molar-refractivity contribution is -0.110. The van der Waals surface area contributed by atoms with Gasteiger partial charge in [-0.2, -0.15) is 0 Å². The Labute approximate surface area is 141 Å². The quantitative estimate of drug-likeness (QED) is 0.802. The van der Waals surface area contributed by atoms with Crippen LogP contribution in [0, 0.1) is 0 Å². The minimum Gasteiger partial charge on any atom is -0.350 e. The summed E-state index contributed by atoms with van der Waals surface area (Å²) in [6.07, 6.45) is 19.0. The molecule has 1 aromatic rings. The molecule has 0 radical (unpaired) electrons. The number of hydrogen-bond acceptors (Lipinski definition) is 2. The molecule has 0 N–H and O–H groups in total. The molecule has 0 spiro atoms. The van der Waals surface area contributed by atoms with Crippen molar-refractivity contribution in [2.45, 2.75) is 6.54 Å². The van der Waals surface area contributed by atoms with E-state index in [0.29, 0.717) is 0 Å². The number of rotatable bonds is 3. The Morgan fingerprint density at radius 1 is 0.913 bits per heavy atom. The van der Waals surface area contributed by atoms with Gasteiger partial charge in [-0.1, -0.05) is 48.0 Å². The van der Waals surface area contributed by atoms with E-state index in [1.165, 1.54) is 5.56 Å². The number of hydrogen-bond donors (Lipinski definition) is 0. The fourth-order valence-corrected chi connectivity index (χ4v) is 2.52. The maximum Gasteiger partial charge on any atom is 0.178 e. The topological polar surface area (TPSA) is 20.3 Å². The first-order valence-electron chi connectivity index (χ1n) is 7.38. The van der Waals surface area contributed by atoms with Gasteiger partial charge in [0.05, 0.1) is 0 Å². The van der Waals surface area contributed by atoms with Crippen LogP contribution in [0.15, 0.2) is 96.4 Å². The fraction of sp³-hybridized carbons (Fsp3) is 0.0500. The Hall–Kier alpha value is -2.58. The lowest BCUT2D eigenvalue weighted by Gasteiger charge is -2.19. The maximum atomic E-state index is 11.1. The van der Waals surface area contributed by atoms with Crippen molar-refractivity contribution in [1.29, 1.82) is 0 Å². The van der Waals surface area contributed by atoms with Crippen LogP contribution in [0.2, 0.25) is 5.02 Å². The van der Waals surface area contributed by atoms with E-state index < -0.39 is 0 Å². The number of carbonyl (C=O) groups is 1. The van der Waals surface area contributed by atoms with Crippen molar-refractivity contribution in [2.24, 2.45) is 0 Å². The van der Waals surface area contributed by atoms with Gasteiger partial charge < -0.3 is 4.90 Å². The van der Waals surface area contributed by atoms with E-state index in [1.807, 2.05) is 54.9 Å². The van der Waals surface area contributed by atoms with Gasteiger partial charge in [-0.05, 0) is 53.1 Å². The van der Waals surface area contributed by atoms with Crippen LogP contribution in [0.4, 0.5) is 0 Å². The molecule has 23 heavy (non-hydrogen) atoms. The molecule has 1 aliphatic carbocycles. The summed E-state index contributed by atoms with van der Waals surface area (Å²) in [5.41, 5.74) is 3.29. The van der Waals surface area contributed by atoms with Crippen molar-refractivity contribution in [3.63, 3.8) is 0 Å². The summed E-state index contributed by atoms with van der Waals surface area (Å²) in [5, 5.41) is 0.756. The van der Waals surface area contributed by atoms with Gasteiger partial charge in [0.15, 0.2) is 5.78 Å². The maximum absolute atomic E-state index is 11.1. The number of carbonyl (C=O) groups excluding carboxylic acids is 1. The lowest BCUT2D eigenvalue weighted by Crippen LogP contribution is -2.11. The number of allylic oxidation sites excluding steroid dienone is 10. The van der Waals surface area contributed by atoms with Gasteiger partial charge in [0, 0.05) is 24.0 Å². The van der Waals surface area contributed by atoms with Crippen LogP contribution in [0.1, 0.15) is 5.56 Å². The van der Waals surface area contributed by atoms with Crippen molar-refractivity contribution in [3.8, 4) is 0 Å². The molecule has 0 bridgehead atoms. The third-order valence-electron chi connectivity index (χ3n) is 3.52. The highest BCUT2D eigenvalue weighted by molar-refractivity contribution is 6.30. The molecule has 3 rings (SSSR count). The molecule has 2 aliphatic rings. The van der Waals surface area contributed by atoms with Gasteiger partial charge in [-0.25, -0.2) is 0 Å². The Kier molecular flexibility index (Phi) is 4.74. The third-order valence-corrected chi connectivity index (χ3v) is 3.75. The summed E-state index contributed by atoms with van der Waals surface area (Å²) in [7, 11) is 0. The fourth-order valence-electron chi connectivity index (χ4n) is 2.30. The number of halogens is 1. The predicted molar refractivity (Wildman–Crippen MR) is 94.7 cm³/mol. The van der Waals surface area contributed by atoms with Gasteiger partial charge in [0.2, 0.25) is 0 Å². The molecule has 0 fully saturated rings. The zero-order valence-corrected chi connectivity index (χ0v) is 13.3. The Bertz CT molecular complexity index is 760. The molecule has 3 heteroatoms. The Morgan fingerprint density at radius 2 is 1.57 bits per heavy atom. The van der Waals surface area contributed by atoms with Crippen LogP contribution in [-0.4, -0.2) is 10.7 Å². The molecule has 1 aromatic carbocycles. The van der Waals surface area contributed by atoms with Gasteiger partial charge in [0.1, 0.15) is 0 Å². The van der Waals surface area contributed by atoms with Gasteiger partial charge >= 0.3 is 0 Å². The van der Waals surface area contributed by atoms with Gasteiger partial charge in [-0.15, -0.1) is 0 Å². The molecule has 1 heterocycles. The summed E-state index contributed by atoms with van der Waals surface area (Å²) in [6.45, 7) is 0.787. The highest BCUT2D eigenvalue weighted by Crippen LogP contribution is 2.17. The van der Waals surface area contributed by atoms with E-state index in [4.69, 9.17) is 11.6 Å². The van der Waals surface area contributed by atoms with Crippen molar-refractivity contribution in [2.75, 3.05) is 0 Å². The van der Waals surface area contributed by atoms with Crippen LogP contribution >= 0.6 is 11.6 Å². The second kappa shape index (κ2) is 7.12. The molecule has 114 valence electrons. The van der Waals surface area contributed by atoms with Crippen molar-refractivity contribution < 1.29 is 4.79 Å². The molecule has 0 saturated carbocycles. The minimum absolute atomic E-state index is 0.0314. The monoisotopic (exact) mass is 321 g/mol. The van der Waals surface area contributed by atoms with Crippen LogP contribution < -0.4 is 0 Å². The lowest BCUT2D eigenvalue weighted by atomic mass is 10.1. The molecule has 1 aliphatic heterocycles. The first-order valence-corrected chi connectivity index (χ1v) is 7.75. The third kappa shape index (κ3) is 4.44. The van der Waals surface area contributed by atoms with Gasteiger partial charge in [-0.3, -0.25) is 4.79 Å². The average molecular weight is 322 g/mol.